The molecule has 0 aliphatic rings. The first-order chi connectivity index (χ1) is 16.4. The number of carbonyl (C=O) groups excluding carboxylic acids is 4. The molecule has 1 unspecified atom stereocenters. The molecule has 0 aromatic rings. The van der Waals surface area contributed by atoms with Crippen molar-refractivity contribution in [2.45, 2.75) is 57.7 Å². The first-order valence-electron chi connectivity index (χ1n) is 10.2. The predicted octanol–water partition coefficient (Wildman–Crippen LogP) is -1.28. The zero-order chi connectivity index (χ0) is 27.0. The molecule has 0 spiro atoms. The molecule has 0 radical (unpaired) electrons. The summed E-state index contributed by atoms with van der Waals surface area (Å²) < 4.78 is 4.90. The second-order valence-corrected chi connectivity index (χ2v) is 6.90. The van der Waals surface area contributed by atoms with Crippen LogP contribution in [-0.2, 0) is 33.6 Å². The highest BCUT2D eigenvalue weighted by Crippen LogP contribution is 2.07. The monoisotopic (exact) mass is 509 g/mol. The van der Waals surface area contributed by atoms with Gasteiger partial charge in [0, 0.05) is 19.9 Å². The van der Waals surface area contributed by atoms with E-state index in [2.05, 4.69) is 25.6 Å². The van der Waals surface area contributed by atoms with Gasteiger partial charge in [0.2, 0.25) is 5.78 Å². The molecule has 0 aromatic heterocycles. The lowest BCUT2D eigenvalue weighted by molar-refractivity contribution is -0.790. The van der Waals surface area contributed by atoms with Gasteiger partial charge >= 0.3 is 18.0 Å². The van der Waals surface area contributed by atoms with E-state index in [1.54, 1.807) is 6.92 Å². The van der Waals surface area contributed by atoms with Crippen LogP contribution in [0.2, 0.25) is 0 Å². The van der Waals surface area contributed by atoms with E-state index in [0.29, 0.717) is 6.42 Å². The number of hydrogen-bond acceptors (Lipinski definition) is 12. The average molecular weight is 509 g/mol. The zero-order valence-electron chi connectivity index (χ0n) is 18.9. The Morgan fingerprint density at radius 2 is 1.69 bits per heavy atom. The van der Waals surface area contributed by atoms with Crippen molar-refractivity contribution in [3.05, 3.63) is 20.2 Å². The summed E-state index contributed by atoms with van der Waals surface area (Å²) in [7, 11) is 0. The fourth-order valence-electron chi connectivity index (χ4n) is 2.50. The molecule has 3 atom stereocenters. The molecule has 0 aliphatic heterocycles. The van der Waals surface area contributed by atoms with E-state index < -0.39 is 71.2 Å². The van der Waals surface area contributed by atoms with Crippen molar-refractivity contribution in [1.29, 1.82) is 0 Å². The highest BCUT2D eigenvalue weighted by atomic mass is 17.0. The van der Waals surface area contributed by atoms with Crippen molar-refractivity contribution >= 4 is 29.7 Å². The number of esters is 1. The Balaban J connectivity index is 5.49. The minimum absolute atomic E-state index is 0.0743. The number of Topliss-reactive ketones (excluding diaryl/α,β-unsaturated/α-hetero) is 1. The fraction of sp³-hybridized carbons (Fsp3) is 0.706. The largest absolute Gasteiger partial charge is 0.481 e. The van der Waals surface area contributed by atoms with Crippen LogP contribution in [0.5, 0.6) is 0 Å². The number of urea groups is 1. The average Bonchev–Trinajstić information content (AvgIpc) is 2.75. The minimum Gasteiger partial charge on any atom is -0.481 e. The van der Waals surface area contributed by atoms with E-state index in [0.717, 1.165) is 6.92 Å². The normalized spacial score (nSPS) is 12.7. The van der Waals surface area contributed by atoms with Crippen molar-refractivity contribution in [1.82, 2.24) is 16.0 Å². The summed E-state index contributed by atoms with van der Waals surface area (Å²) in [6.07, 6.45) is -1.40. The second-order valence-electron chi connectivity index (χ2n) is 6.90. The Labute approximate surface area is 197 Å². The van der Waals surface area contributed by atoms with Crippen LogP contribution < -0.4 is 16.0 Å². The molecule has 0 fully saturated rings. The first kappa shape index (κ1) is 30.8. The molecule has 18 nitrogen and oxygen atoms in total. The molecule has 0 heterocycles. The number of nitrogens with one attached hydrogen (secondary N) is 3. The molecule has 0 saturated heterocycles. The smallest absolute Gasteiger partial charge is 0.330 e. The molecular formula is C17H27N5O13. The van der Waals surface area contributed by atoms with Gasteiger partial charge < -0.3 is 35.5 Å². The van der Waals surface area contributed by atoms with Gasteiger partial charge in [0.15, 0.2) is 6.10 Å². The molecule has 0 bridgehead atoms. The summed E-state index contributed by atoms with van der Waals surface area (Å²) in [5.41, 5.74) is 0. The van der Waals surface area contributed by atoms with Crippen LogP contribution in [0.15, 0.2) is 0 Å². The maximum atomic E-state index is 12.7. The van der Waals surface area contributed by atoms with Crippen LogP contribution in [0.3, 0.4) is 0 Å². The van der Waals surface area contributed by atoms with Crippen molar-refractivity contribution in [2.24, 2.45) is 0 Å². The van der Waals surface area contributed by atoms with Gasteiger partial charge in [-0.25, -0.2) is 9.59 Å². The number of ether oxygens (including phenoxy) is 1. The third-order valence-electron chi connectivity index (χ3n) is 4.04. The Morgan fingerprint density at radius 1 is 1.03 bits per heavy atom. The van der Waals surface area contributed by atoms with E-state index in [4.69, 9.17) is 9.84 Å². The Kier molecular flexibility index (Phi) is 14.4. The van der Waals surface area contributed by atoms with Crippen LogP contribution in [0.4, 0.5) is 4.79 Å². The van der Waals surface area contributed by atoms with E-state index in [9.17, 15) is 44.2 Å². The molecule has 18 heteroatoms. The van der Waals surface area contributed by atoms with Crippen molar-refractivity contribution in [3.8, 4) is 0 Å². The number of carbonyl (C=O) groups is 5. The van der Waals surface area contributed by atoms with Gasteiger partial charge in [0.1, 0.15) is 19.3 Å². The molecule has 35 heavy (non-hydrogen) atoms. The zero-order valence-corrected chi connectivity index (χ0v) is 18.9. The number of rotatable bonds is 18. The van der Waals surface area contributed by atoms with Gasteiger partial charge in [0.05, 0.1) is 6.04 Å². The van der Waals surface area contributed by atoms with Crippen molar-refractivity contribution < 1.29 is 53.7 Å². The van der Waals surface area contributed by atoms with Crippen molar-refractivity contribution in [3.63, 3.8) is 0 Å². The summed E-state index contributed by atoms with van der Waals surface area (Å²) >= 11 is 0. The molecule has 0 aliphatic carbocycles. The lowest BCUT2D eigenvalue weighted by Crippen LogP contribution is -2.58. The number of amides is 3. The number of carboxylic acids is 1. The first-order valence-corrected chi connectivity index (χ1v) is 10.2. The van der Waals surface area contributed by atoms with E-state index >= 15 is 0 Å². The van der Waals surface area contributed by atoms with Gasteiger partial charge in [-0.2, -0.15) is 0 Å². The summed E-state index contributed by atoms with van der Waals surface area (Å²) in [6, 6.07) is -3.70. The van der Waals surface area contributed by atoms with Crippen LogP contribution in [-0.4, -0.2) is 82.9 Å². The topological polar surface area (TPSA) is 256 Å². The molecule has 4 N–H and O–H groups in total. The Hall–Kier alpha value is -4.25. The lowest BCUT2D eigenvalue weighted by Gasteiger charge is -2.27. The second kappa shape index (κ2) is 16.4. The number of nitrogens with zero attached hydrogens (tertiary/aromatic N) is 2. The van der Waals surface area contributed by atoms with Gasteiger partial charge in [0.25, 0.3) is 16.1 Å². The van der Waals surface area contributed by atoms with E-state index in [-0.39, 0.29) is 25.8 Å². The lowest BCUT2D eigenvalue weighted by atomic mass is 10.0. The number of ketones is 1. The van der Waals surface area contributed by atoms with Crippen LogP contribution in [0, 0.1) is 20.2 Å². The number of aliphatic carboxylic acids is 1. The Morgan fingerprint density at radius 3 is 2.20 bits per heavy atom. The molecule has 0 aromatic carbocycles. The minimum atomic E-state index is -1.69. The number of carboxylic acid groups (broad SMARTS) is 1. The summed E-state index contributed by atoms with van der Waals surface area (Å²) in [6.45, 7) is 0.726. The van der Waals surface area contributed by atoms with Crippen LogP contribution in [0.25, 0.3) is 0 Å². The molecule has 0 rings (SSSR count). The highest BCUT2D eigenvalue weighted by Gasteiger charge is 2.33. The summed E-state index contributed by atoms with van der Waals surface area (Å²) in [5, 5.41) is 33.8. The number of hydrogen-bond donors (Lipinski definition) is 4. The summed E-state index contributed by atoms with van der Waals surface area (Å²) in [5.74, 6) is -4.24. The van der Waals surface area contributed by atoms with Crippen LogP contribution >= 0.6 is 0 Å². The highest BCUT2D eigenvalue weighted by molar-refractivity contribution is 6.35. The maximum absolute atomic E-state index is 12.7. The van der Waals surface area contributed by atoms with Crippen molar-refractivity contribution in [2.75, 3.05) is 19.8 Å². The van der Waals surface area contributed by atoms with Gasteiger partial charge in [-0.1, -0.05) is 13.3 Å². The van der Waals surface area contributed by atoms with Gasteiger partial charge in [-0.3, -0.25) is 14.4 Å². The van der Waals surface area contributed by atoms with Gasteiger partial charge in [-0.05, 0) is 12.8 Å². The summed E-state index contributed by atoms with van der Waals surface area (Å²) in [4.78, 5) is 87.7. The van der Waals surface area contributed by atoms with E-state index in [1.807, 2.05) is 0 Å². The Bertz CT molecular complexity index is 790. The van der Waals surface area contributed by atoms with Gasteiger partial charge in [-0.15, -0.1) is 20.2 Å². The predicted molar refractivity (Wildman–Crippen MR) is 110 cm³/mol. The molecule has 0 saturated carbocycles. The SMILES string of the molecule is CCCC(NC(=O)C(C)=O)[C@H](NC(=O)NCCCC(=O)O)C(=O)OC[C@H](CO[N+](=O)[O-])O[N+](=O)[O-]. The quantitative estimate of drug-likeness (QED) is 0.0552. The fourth-order valence-corrected chi connectivity index (χ4v) is 2.50. The molecule has 3 amide bonds. The molecule has 198 valence electrons. The maximum Gasteiger partial charge on any atom is 0.330 e. The molecular weight excluding hydrogens is 482 g/mol. The third kappa shape index (κ3) is 14.5. The third-order valence-corrected chi connectivity index (χ3v) is 4.04. The standard InChI is InChI=1S/C17H27N5O13/c1-3-5-12(19-15(26)10(2)23)14(20-17(28)18-7-4-6-13(24)25)16(27)33-8-11(35-22(31)32)9-34-21(29)30/h11-12,14H,3-9H2,1-2H3,(H,19,26)(H,24,25)(H2,18,20,28)/t11-,12?,14+/m1/s1. The van der Waals surface area contributed by atoms with Crippen LogP contribution in [0.1, 0.15) is 39.5 Å². The van der Waals surface area contributed by atoms with E-state index in [1.165, 1.54) is 0 Å².